The van der Waals surface area contributed by atoms with Crippen LogP contribution in [-0.2, 0) is 7.05 Å². The number of rotatable bonds is 2. The third kappa shape index (κ3) is 1.79. The van der Waals surface area contributed by atoms with Crippen molar-refractivity contribution >= 4 is 5.91 Å². The summed E-state index contributed by atoms with van der Waals surface area (Å²) >= 11 is 0. The molecule has 2 aromatic rings. The summed E-state index contributed by atoms with van der Waals surface area (Å²) in [6.07, 6.45) is 3.39. The number of halogens is 1. The molecule has 5 heteroatoms. The number of aryl methyl sites for hydroxylation is 1. The number of carbonyl (C=O) groups is 1. The van der Waals surface area contributed by atoms with Gasteiger partial charge in [0.15, 0.2) is 0 Å². The Hall–Kier alpha value is -2.17. The van der Waals surface area contributed by atoms with Crippen LogP contribution in [-0.4, -0.2) is 15.7 Å². The normalized spacial score (nSPS) is 10.4. The van der Waals surface area contributed by atoms with Crippen LogP contribution in [0.25, 0.3) is 11.1 Å². The molecule has 1 heterocycles. The monoisotopic (exact) mass is 219 g/mol. The molecule has 2 rings (SSSR count). The molecule has 0 saturated heterocycles. The maximum absolute atomic E-state index is 13.5. The minimum atomic E-state index is -0.768. The number of carbonyl (C=O) groups excluding carboxylic acids is 1. The molecule has 1 aromatic heterocycles. The Morgan fingerprint density at radius 3 is 2.69 bits per heavy atom. The van der Waals surface area contributed by atoms with Crippen molar-refractivity contribution in [3.05, 3.63) is 42.0 Å². The van der Waals surface area contributed by atoms with Crippen molar-refractivity contribution in [2.24, 2.45) is 12.8 Å². The molecule has 82 valence electrons. The van der Waals surface area contributed by atoms with Gasteiger partial charge in [-0.3, -0.25) is 9.48 Å². The zero-order valence-corrected chi connectivity index (χ0v) is 8.64. The lowest BCUT2D eigenvalue weighted by Gasteiger charge is -2.01. The molecule has 0 unspecified atom stereocenters. The van der Waals surface area contributed by atoms with Gasteiger partial charge in [0.1, 0.15) is 5.82 Å². The molecule has 0 aliphatic rings. The van der Waals surface area contributed by atoms with Gasteiger partial charge < -0.3 is 5.73 Å². The molecule has 0 aliphatic heterocycles. The second kappa shape index (κ2) is 3.77. The first kappa shape index (κ1) is 10.4. The fourth-order valence-corrected chi connectivity index (χ4v) is 1.46. The van der Waals surface area contributed by atoms with Gasteiger partial charge >= 0.3 is 0 Å². The highest BCUT2D eigenvalue weighted by Crippen LogP contribution is 2.20. The second-order valence-electron chi connectivity index (χ2n) is 3.46. The Labute approximate surface area is 91.5 Å². The quantitative estimate of drug-likeness (QED) is 0.828. The summed E-state index contributed by atoms with van der Waals surface area (Å²) < 4.78 is 15.1. The maximum atomic E-state index is 13.5. The molecule has 0 atom stereocenters. The van der Waals surface area contributed by atoms with Crippen LogP contribution in [0.4, 0.5) is 4.39 Å². The molecule has 1 aromatic carbocycles. The molecule has 0 fully saturated rings. The van der Waals surface area contributed by atoms with Gasteiger partial charge in [0.05, 0.1) is 11.8 Å². The van der Waals surface area contributed by atoms with Crippen LogP contribution in [0.2, 0.25) is 0 Å². The number of nitrogens with zero attached hydrogens (tertiary/aromatic N) is 2. The molecule has 0 spiro atoms. The number of hydrogen-bond acceptors (Lipinski definition) is 2. The first-order valence-corrected chi connectivity index (χ1v) is 4.66. The van der Waals surface area contributed by atoms with Gasteiger partial charge in [-0.15, -0.1) is 0 Å². The summed E-state index contributed by atoms with van der Waals surface area (Å²) in [5.74, 6) is -1.39. The zero-order valence-electron chi connectivity index (χ0n) is 8.64. The highest BCUT2D eigenvalue weighted by atomic mass is 19.1. The van der Waals surface area contributed by atoms with E-state index in [9.17, 15) is 9.18 Å². The average Bonchev–Trinajstić information content (AvgIpc) is 2.64. The van der Waals surface area contributed by atoms with Gasteiger partial charge in [-0.05, 0) is 17.7 Å². The Kier molecular flexibility index (Phi) is 2.44. The first-order chi connectivity index (χ1) is 7.58. The van der Waals surface area contributed by atoms with Crippen LogP contribution in [0.5, 0.6) is 0 Å². The molecule has 4 nitrogen and oxygen atoms in total. The van der Waals surface area contributed by atoms with Crippen LogP contribution >= 0.6 is 0 Å². The third-order valence-electron chi connectivity index (χ3n) is 2.27. The Balaban J connectivity index is 2.45. The van der Waals surface area contributed by atoms with E-state index in [0.29, 0.717) is 5.56 Å². The largest absolute Gasteiger partial charge is 0.366 e. The van der Waals surface area contributed by atoms with E-state index in [-0.39, 0.29) is 5.56 Å². The van der Waals surface area contributed by atoms with E-state index in [1.165, 1.54) is 12.1 Å². The molecule has 1 amide bonds. The van der Waals surface area contributed by atoms with Crippen molar-refractivity contribution in [3.8, 4) is 11.1 Å². The number of aromatic nitrogens is 2. The Morgan fingerprint density at radius 1 is 1.44 bits per heavy atom. The number of amides is 1. The van der Waals surface area contributed by atoms with Crippen molar-refractivity contribution in [2.45, 2.75) is 0 Å². The summed E-state index contributed by atoms with van der Waals surface area (Å²) in [5.41, 5.74) is 6.36. The van der Waals surface area contributed by atoms with Gasteiger partial charge in [-0.25, -0.2) is 4.39 Å². The van der Waals surface area contributed by atoms with Crippen LogP contribution in [0.3, 0.4) is 0 Å². The number of primary amides is 1. The van der Waals surface area contributed by atoms with Gasteiger partial charge in [-0.1, -0.05) is 6.07 Å². The van der Waals surface area contributed by atoms with E-state index >= 15 is 0 Å². The Bertz CT molecular complexity index is 548. The van der Waals surface area contributed by atoms with Gasteiger partial charge in [0, 0.05) is 18.8 Å². The predicted octanol–water partition coefficient (Wildman–Crippen LogP) is 1.33. The lowest BCUT2D eigenvalue weighted by atomic mass is 10.1. The minimum Gasteiger partial charge on any atom is -0.366 e. The fourth-order valence-electron chi connectivity index (χ4n) is 1.46. The smallest absolute Gasteiger partial charge is 0.251 e. The molecule has 2 N–H and O–H groups in total. The van der Waals surface area contributed by atoms with Crippen molar-refractivity contribution in [1.82, 2.24) is 9.78 Å². The predicted molar refractivity (Wildman–Crippen MR) is 57.1 cm³/mol. The molecule has 0 saturated carbocycles. The van der Waals surface area contributed by atoms with E-state index in [4.69, 9.17) is 5.73 Å². The first-order valence-electron chi connectivity index (χ1n) is 4.66. The fraction of sp³-hybridized carbons (Fsp3) is 0.0909. The third-order valence-corrected chi connectivity index (χ3v) is 2.27. The van der Waals surface area contributed by atoms with Crippen LogP contribution in [0, 0.1) is 5.82 Å². The van der Waals surface area contributed by atoms with E-state index in [2.05, 4.69) is 5.10 Å². The van der Waals surface area contributed by atoms with Crippen molar-refractivity contribution in [2.75, 3.05) is 0 Å². The van der Waals surface area contributed by atoms with Gasteiger partial charge in [-0.2, -0.15) is 5.10 Å². The van der Waals surface area contributed by atoms with E-state index in [1.807, 2.05) is 0 Å². The lowest BCUT2D eigenvalue weighted by Crippen LogP contribution is -2.12. The van der Waals surface area contributed by atoms with Crippen LogP contribution in [0.15, 0.2) is 30.6 Å². The van der Waals surface area contributed by atoms with Crippen molar-refractivity contribution < 1.29 is 9.18 Å². The minimum absolute atomic E-state index is 0.104. The molecule has 0 radical (unpaired) electrons. The average molecular weight is 219 g/mol. The highest BCUT2D eigenvalue weighted by molar-refractivity contribution is 5.93. The maximum Gasteiger partial charge on any atom is 0.251 e. The van der Waals surface area contributed by atoms with Crippen LogP contribution in [0.1, 0.15) is 10.4 Å². The number of nitrogens with two attached hydrogens (primary N) is 1. The highest BCUT2D eigenvalue weighted by Gasteiger charge is 2.09. The zero-order chi connectivity index (χ0) is 11.7. The van der Waals surface area contributed by atoms with E-state index in [0.717, 1.165) is 5.56 Å². The number of benzene rings is 1. The standard InChI is InChI=1S/C11H10FN3O/c1-15-6-8(5-14-15)7-2-3-9(11(13)16)10(12)4-7/h2-6H,1H3,(H2,13,16). The summed E-state index contributed by atoms with van der Waals surface area (Å²) in [6.45, 7) is 0. The number of hydrogen-bond donors (Lipinski definition) is 1. The molecule has 0 aliphatic carbocycles. The summed E-state index contributed by atoms with van der Waals surface area (Å²) in [7, 11) is 1.78. The van der Waals surface area contributed by atoms with E-state index in [1.54, 1.807) is 30.2 Å². The summed E-state index contributed by atoms with van der Waals surface area (Å²) in [5, 5.41) is 3.98. The summed E-state index contributed by atoms with van der Waals surface area (Å²) in [4.78, 5) is 10.8. The van der Waals surface area contributed by atoms with Crippen molar-refractivity contribution in [3.63, 3.8) is 0 Å². The molecular formula is C11H10FN3O. The second-order valence-corrected chi connectivity index (χ2v) is 3.46. The topological polar surface area (TPSA) is 60.9 Å². The lowest BCUT2D eigenvalue weighted by molar-refractivity contribution is 0.0996. The van der Waals surface area contributed by atoms with Gasteiger partial charge in [0.25, 0.3) is 5.91 Å². The van der Waals surface area contributed by atoms with Crippen molar-refractivity contribution in [1.29, 1.82) is 0 Å². The van der Waals surface area contributed by atoms with Crippen LogP contribution < -0.4 is 5.73 Å². The summed E-state index contributed by atoms with van der Waals surface area (Å²) in [6, 6.07) is 4.29. The molecule has 0 bridgehead atoms. The van der Waals surface area contributed by atoms with E-state index < -0.39 is 11.7 Å². The Morgan fingerprint density at radius 2 is 2.19 bits per heavy atom. The SMILES string of the molecule is Cn1cc(-c2ccc(C(N)=O)c(F)c2)cn1. The molecular weight excluding hydrogens is 209 g/mol. The van der Waals surface area contributed by atoms with Gasteiger partial charge in [0.2, 0.25) is 0 Å². The molecule has 16 heavy (non-hydrogen) atoms.